The lowest BCUT2D eigenvalue weighted by Gasteiger charge is -2.04. The van der Waals surface area contributed by atoms with E-state index in [9.17, 15) is 0 Å². The third-order valence-corrected chi connectivity index (χ3v) is 4.83. The molecule has 0 radical (unpaired) electrons. The summed E-state index contributed by atoms with van der Waals surface area (Å²) in [6.45, 7) is 0.687. The summed E-state index contributed by atoms with van der Waals surface area (Å²) in [5, 5.41) is 8.44. The second kappa shape index (κ2) is 6.90. The van der Waals surface area contributed by atoms with Crippen molar-refractivity contribution >= 4 is 21.4 Å². The van der Waals surface area contributed by atoms with Gasteiger partial charge in [-0.15, -0.1) is 11.5 Å². The van der Waals surface area contributed by atoms with Crippen LogP contribution in [0.4, 0.5) is 5.13 Å². The fraction of sp³-hybridized carbons (Fsp3) is 0.100. The molecule has 26 heavy (non-hydrogen) atoms. The first kappa shape index (κ1) is 16.2. The summed E-state index contributed by atoms with van der Waals surface area (Å²) >= 11 is 1.47. The number of imidazole rings is 1. The van der Waals surface area contributed by atoms with E-state index in [-0.39, 0.29) is 0 Å². The molecular weight excluding hydrogens is 344 g/mol. The second-order valence-corrected chi connectivity index (χ2v) is 6.63. The summed E-state index contributed by atoms with van der Waals surface area (Å²) < 4.78 is 6.79. The minimum absolute atomic E-state index is 0.661. The van der Waals surface area contributed by atoms with Crippen LogP contribution in [0, 0.1) is 12.3 Å². The van der Waals surface area contributed by atoms with E-state index < -0.39 is 0 Å². The van der Waals surface area contributed by atoms with Gasteiger partial charge >= 0.3 is 0 Å². The molecule has 2 heterocycles. The lowest BCUT2D eigenvalue weighted by Crippen LogP contribution is -2.00. The molecule has 0 spiro atoms. The molecule has 6 heteroatoms. The van der Waals surface area contributed by atoms with Crippen molar-refractivity contribution < 1.29 is 4.74 Å². The molecule has 2 aliphatic carbocycles. The topological polar surface area (TPSA) is 51.5 Å². The first-order valence-corrected chi connectivity index (χ1v) is 8.87. The van der Waals surface area contributed by atoms with Crippen molar-refractivity contribution in [1.29, 1.82) is 0 Å². The average Bonchev–Trinajstić information content (AvgIpc) is 3.04. The SMILES string of the molecule is C#Cc1cnc2sc(NCc3ccc(OC)cc3)nn12.c1cc2cc-2c1. The minimum Gasteiger partial charge on any atom is -0.497 e. The van der Waals surface area contributed by atoms with Crippen LogP contribution >= 0.6 is 11.3 Å². The Morgan fingerprint density at radius 3 is 2.54 bits per heavy atom. The number of anilines is 1. The predicted molar refractivity (Wildman–Crippen MR) is 105 cm³/mol. The standard InChI is InChI=1S/C14H12N4OS.C6H4/c1-3-11-9-16-14-18(11)17-13(20-14)15-8-10-4-6-12(19-2)7-5-10;1-2-5-4-6(5)3-1/h1,4-7,9H,8H2,2H3,(H,15,17);1-4H. The van der Waals surface area contributed by atoms with Crippen LogP contribution in [0.2, 0.25) is 0 Å². The van der Waals surface area contributed by atoms with E-state index in [0.717, 1.165) is 21.4 Å². The minimum atomic E-state index is 0.661. The first-order valence-electron chi connectivity index (χ1n) is 8.05. The molecule has 128 valence electrons. The molecule has 5 rings (SSSR count). The zero-order chi connectivity index (χ0) is 17.9. The van der Waals surface area contributed by atoms with Gasteiger partial charge in [0.25, 0.3) is 0 Å². The molecule has 1 N–H and O–H groups in total. The largest absolute Gasteiger partial charge is 0.497 e. The van der Waals surface area contributed by atoms with Crippen LogP contribution in [0.15, 0.2) is 54.7 Å². The van der Waals surface area contributed by atoms with Crippen LogP contribution in [0.3, 0.4) is 0 Å². The summed E-state index contributed by atoms with van der Waals surface area (Å²) in [6, 6.07) is 16.4. The smallest absolute Gasteiger partial charge is 0.215 e. The Hall–Kier alpha value is -3.30. The van der Waals surface area contributed by atoms with Gasteiger partial charge in [-0.3, -0.25) is 0 Å². The zero-order valence-electron chi connectivity index (χ0n) is 14.1. The fourth-order valence-electron chi connectivity index (χ4n) is 2.46. The number of aromatic nitrogens is 3. The van der Waals surface area contributed by atoms with Crippen molar-refractivity contribution in [2.24, 2.45) is 0 Å². The molecule has 0 amide bonds. The van der Waals surface area contributed by atoms with Crippen LogP contribution in [0.25, 0.3) is 16.1 Å². The molecule has 1 aromatic carbocycles. The number of ether oxygens (including phenoxy) is 1. The average molecular weight is 360 g/mol. The van der Waals surface area contributed by atoms with Gasteiger partial charge in [0.2, 0.25) is 10.1 Å². The van der Waals surface area contributed by atoms with E-state index >= 15 is 0 Å². The molecule has 0 unspecified atom stereocenters. The van der Waals surface area contributed by atoms with E-state index in [2.05, 4.69) is 45.6 Å². The van der Waals surface area contributed by atoms with E-state index in [4.69, 9.17) is 11.2 Å². The Kier molecular flexibility index (Phi) is 4.30. The number of methoxy groups -OCH3 is 1. The number of terminal acetylenes is 1. The molecule has 0 atom stereocenters. The Morgan fingerprint density at radius 2 is 1.96 bits per heavy atom. The van der Waals surface area contributed by atoms with Gasteiger partial charge in [-0.2, -0.15) is 4.52 Å². The van der Waals surface area contributed by atoms with E-state index in [1.807, 2.05) is 24.3 Å². The number of benzene rings is 2. The summed E-state index contributed by atoms with van der Waals surface area (Å²) in [6.07, 6.45) is 7.03. The van der Waals surface area contributed by atoms with Crippen LogP contribution < -0.4 is 10.1 Å². The molecule has 0 bridgehead atoms. The van der Waals surface area contributed by atoms with Gasteiger partial charge in [0.05, 0.1) is 13.3 Å². The Bertz CT molecular complexity index is 1070. The maximum absolute atomic E-state index is 5.38. The maximum Gasteiger partial charge on any atom is 0.215 e. The highest BCUT2D eigenvalue weighted by molar-refractivity contribution is 7.20. The van der Waals surface area contributed by atoms with Crippen LogP contribution in [0.5, 0.6) is 5.75 Å². The molecular formula is C20H16N4OS. The van der Waals surface area contributed by atoms with Gasteiger partial charge in [0.1, 0.15) is 11.4 Å². The van der Waals surface area contributed by atoms with Crippen molar-refractivity contribution in [3.8, 4) is 29.2 Å². The fourth-order valence-corrected chi connectivity index (χ4v) is 3.23. The third-order valence-electron chi connectivity index (χ3n) is 3.95. The second-order valence-electron chi connectivity index (χ2n) is 5.67. The quantitative estimate of drug-likeness (QED) is 0.491. The lowest BCUT2D eigenvalue weighted by molar-refractivity contribution is 0.414. The third kappa shape index (κ3) is 3.39. The molecule has 2 aliphatic rings. The summed E-state index contributed by atoms with van der Waals surface area (Å²) in [5.74, 6) is 3.40. The zero-order valence-corrected chi connectivity index (χ0v) is 15.0. The van der Waals surface area contributed by atoms with Gasteiger partial charge in [-0.1, -0.05) is 41.7 Å². The number of nitrogens with zero attached hydrogens (tertiary/aromatic N) is 3. The van der Waals surface area contributed by atoms with Gasteiger partial charge in [0.15, 0.2) is 0 Å². The summed E-state index contributed by atoms with van der Waals surface area (Å²) in [7, 11) is 1.65. The van der Waals surface area contributed by atoms with E-state index in [0.29, 0.717) is 12.2 Å². The molecule has 2 aromatic heterocycles. The van der Waals surface area contributed by atoms with Crippen LogP contribution in [0.1, 0.15) is 11.3 Å². The summed E-state index contributed by atoms with van der Waals surface area (Å²) in [4.78, 5) is 4.99. The van der Waals surface area contributed by atoms with Crippen molar-refractivity contribution in [3.05, 3.63) is 66.0 Å². The Morgan fingerprint density at radius 1 is 1.19 bits per heavy atom. The van der Waals surface area contributed by atoms with Gasteiger partial charge in [-0.05, 0) is 40.8 Å². The number of rotatable bonds is 4. The normalized spacial score (nSPS) is 10.6. The Labute approximate surface area is 155 Å². The molecule has 0 saturated carbocycles. The van der Waals surface area contributed by atoms with Crippen molar-refractivity contribution in [2.75, 3.05) is 12.4 Å². The molecule has 0 aliphatic heterocycles. The van der Waals surface area contributed by atoms with Crippen molar-refractivity contribution in [3.63, 3.8) is 0 Å². The number of hydrogen-bond acceptors (Lipinski definition) is 5. The maximum atomic E-state index is 5.38. The van der Waals surface area contributed by atoms with Gasteiger partial charge < -0.3 is 10.1 Å². The van der Waals surface area contributed by atoms with Crippen molar-refractivity contribution in [1.82, 2.24) is 14.6 Å². The highest BCUT2D eigenvalue weighted by Crippen LogP contribution is 2.32. The predicted octanol–water partition coefficient (Wildman–Crippen LogP) is 4.06. The molecule has 0 saturated heterocycles. The van der Waals surface area contributed by atoms with Gasteiger partial charge in [0, 0.05) is 6.54 Å². The van der Waals surface area contributed by atoms with E-state index in [1.54, 1.807) is 17.8 Å². The monoisotopic (exact) mass is 360 g/mol. The number of fused-ring (bicyclic) bond motifs is 2. The molecule has 3 aromatic rings. The highest BCUT2D eigenvalue weighted by Gasteiger charge is 2.08. The molecule has 5 nitrogen and oxygen atoms in total. The number of hydrogen-bond donors (Lipinski definition) is 1. The van der Waals surface area contributed by atoms with E-state index in [1.165, 1.54) is 22.5 Å². The highest BCUT2D eigenvalue weighted by atomic mass is 32.1. The summed E-state index contributed by atoms with van der Waals surface area (Å²) in [5.41, 5.74) is 4.66. The molecule has 0 fully saturated rings. The van der Waals surface area contributed by atoms with Crippen molar-refractivity contribution in [2.45, 2.75) is 6.54 Å². The van der Waals surface area contributed by atoms with Crippen LogP contribution in [-0.4, -0.2) is 21.7 Å². The lowest BCUT2D eigenvalue weighted by atomic mass is 10.2. The first-order chi connectivity index (χ1) is 12.8. The number of nitrogens with one attached hydrogen (secondary N) is 1. The Balaban J connectivity index is 0.000000233. The van der Waals surface area contributed by atoms with Crippen LogP contribution in [-0.2, 0) is 6.54 Å². The van der Waals surface area contributed by atoms with Gasteiger partial charge in [-0.25, -0.2) is 4.98 Å².